The monoisotopic (exact) mass is 327 g/mol. The molecule has 0 radical (unpaired) electrons. The van der Waals surface area contributed by atoms with Crippen molar-refractivity contribution in [3.8, 4) is 11.5 Å². The van der Waals surface area contributed by atoms with Gasteiger partial charge in [0.25, 0.3) is 0 Å². The zero-order valence-corrected chi connectivity index (χ0v) is 13.0. The molecule has 0 spiro atoms. The highest BCUT2D eigenvalue weighted by Gasteiger charge is 2.20. The summed E-state index contributed by atoms with van der Waals surface area (Å²) in [6, 6.07) is 13.2. The largest absolute Gasteiger partial charge is 0.486 e. The average Bonchev–Trinajstić information content (AvgIpc) is 2.59. The Morgan fingerprint density at radius 1 is 1.13 bits per heavy atom. The van der Waals surface area contributed by atoms with Crippen LogP contribution in [0.25, 0.3) is 10.9 Å². The fourth-order valence-electron chi connectivity index (χ4n) is 2.55. The minimum absolute atomic E-state index is 0.0813. The Hall–Kier alpha value is -2.53. The molecule has 0 saturated heterocycles. The molecule has 5 nitrogen and oxygen atoms in total. The molecule has 3 aromatic rings. The van der Waals surface area contributed by atoms with Gasteiger partial charge >= 0.3 is 0 Å². The zero-order chi connectivity index (χ0) is 15.6. The summed E-state index contributed by atoms with van der Waals surface area (Å²) in [5.74, 6) is 2.31. The Morgan fingerprint density at radius 2 is 2.00 bits per heavy atom. The summed E-state index contributed by atoms with van der Waals surface area (Å²) < 4.78 is 11.6. The lowest BCUT2D eigenvalue weighted by Gasteiger charge is -2.26. The van der Waals surface area contributed by atoms with Crippen molar-refractivity contribution in [2.24, 2.45) is 0 Å². The van der Waals surface area contributed by atoms with Crippen LogP contribution in [0.1, 0.15) is 0 Å². The number of para-hydroxylation sites is 2. The number of hydrogen-bond acceptors (Lipinski definition) is 5. The van der Waals surface area contributed by atoms with E-state index in [1.165, 1.54) is 6.33 Å². The fraction of sp³-hybridized carbons (Fsp3) is 0.176. The summed E-state index contributed by atoms with van der Waals surface area (Å²) in [7, 11) is 0. The van der Waals surface area contributed by atoms with E-state index in [0.717, 1.165) is 28.2 Å². The molecule has 1 atom stereocenters. The van der Waals surface area contributed by atoms with Gasteiger partial charge in [0.05, 0.1) is 12.1 Å². The van der Waals surface area contributed by atoms with Crippen molar-refractivity contribution in [3.05, 3.63) is 53.8 Å². The number of anilines is 1. The first-order valence-corrected chi connectivity index (χ1v) is 7.70. The van der Waals surface area contributed by atoms with Crippen LogP contribution in [0.4, 0.5) is 5.82 Å². The van der Waals surface area contributed by atoms with E-state index in [1.807, 2.05) is 42.5 Å². The van der Waals surface area contributed by atoms with Gasteiger partial charge < -0.3 is 14.8 Å². The Morgan fingerprint density at radius 3 is 2.91 bits per heavy atom. The maximum Gasteiger partial charge on any atom is 0.161 e. The molecule has 2 heterocycles. The maximum atomic E-state index is 6.00. The van der Waals surface area contributed by atoms with Crippen LogP contribution in [-0.2, 0) is 0 Å². The Labute approximate surface area is 138 Å². The van der Waals surface area contributed by atoms with Gasteiger partial charge in [-0.15, -0.1) is 0 Å². The van der Waals surface area contributed by atoms with Crippen LogP contribution in [-0.4, -0.2) is 29.2 Å². The molecule has 0 unspecified atom stereocenters. The van der Waals surface area contributed by atoms with Gasteiger partial charge in [-0.05, 0) is 30.3 Å². The van der Waals surface area contributed by atoms with Crippen molar-refractivity contribution in [2.75, 3.05) is 18.5 Å². The second kappa shape index (κ2) is 5.93. The van der Waals surface area contributed by atoms with Gasteiger partial charge in [0.2, 0.25) is 0 Å². The lowest BCUT2D eigenvalue weighted by Crippen LogP contribution is -2.35. The van der Waals surface area contributed by atoms with Crippen LogP contribution in [0.5, 0.6) is 11.5 Å². The normalized spacial score (nSPS) is 16.3. The second-order valence-electron chi connectivity index (χ2n) is 5.26. The van der Waals surface area contributed by atoms with E-state index >= 15 is 0 Å². The van der Waals surface area contributed by atoms with Gasteiger partial charge in [-0.25, -0.2) is 9.97 Å². The highest BCUT2D eigenvalue weighted by Crippen LogP contribution is 2.31. The Bertz CT molecular complexity index is 856. The average molecular weight is 328 g/mol. The summed E-state index contributed by atoms with van der Waals surface area (Å²) >= 11 is 6.00. The van der Waals surface area contributed by atoms with Gasteiger partial charge in [-0.1, -0.05) is 23.7 Å². The molecule has 1 aromatic heterocycles. The minimum atomic E-state index is -0.0813. The number of aromatic nitrogens is 2. The van der Waals surface area contributed by atoms with E-state index in [1.54, 1.807) is 0 Å². The van der Waals surface area contributed by atoms with Gasteiger partial charge in [-0.3, -0.25) is 0 Å². The molecule has 2 aromatic carbocycles. The summed E-state index contributed by atoms with van der Waals surface area (Å²) in [6.07, 6.45) is 1.44. The Balaban J connectivity index is 1.50. The maximum absolute atomic E-state index is 6.00. The van der Waals surface area contributed by atoms with E-state index in [0.29, 0.717) is 18.2 Å². The number of halogens is 1. The molecule has 23 heavy (non-hydrogen) atoms. The van der Waals surface area contributed by atoms with Gasteiger partial charge in [-0.2, -0.15) is 0 Å². The molecule has 0 aliphatic carbocycles. The lowest BCUT2D eigenvalue weighted by molar-refractivity contribution is 0.0997. The van der Waals surface area contributed by atoms with E-state index in [-0.39, 0.29) is 6.10 Å². The van der Waals surface area contributed by atoms with Crippen molar-refractivity contribution in [2.45, 2.75) is 6.10 Å². The molecule has 0 amide bonds. The zero-order valence-electron chi connectivity index (χ0n) is 12.2. The van der Waals surface area contributed by atoms with Crippen LogP contribution >= 0.6 is 11.6 Å². The third-order valence-electron chi connectivity index (χ3n) is 3.66. The molecule has 116 valence electrons. The SMILES string of the molecule is Clc1ccc2c(NC[C@@H]3COc4ccccc4O3)ncnc2c1. The quantitative estimate of drug-likeness (QED) is 0.797. The highest BCUT2D eigenvalue weighted by atomic mass is 35.5. The number of fused-ring (bicyclic) bond motifs is 2. The molecule has 0 saturated carbocycles. The van der Waals surface area contributed by atoms with Crippen LogP contribution < -0.4 is 14.8 Å². The van der Waals surface area contributed by atoms with Crippen molar-refractivity contribution in [1.29, 1.82) is 0 Å². The highest BCUT2D eigenvalue weighted by molar-refractivity contribution is 6.31. The molecule has 0 fully saturated rings. The number of benzene rings is 2. The standard InChI is InChI=1S/C17H14ClN3O2/c18-11-5-6-13-14(7-11)20-10-21-17(13)19-8-12-9-22-15-3-1-2-4-16(15)23-12/h1-7,10,12H,8-9H2,(H,19,20,21)/t12-/m1/s1. The molecular weight excluding hydrogens is 314 g/mol. The first-order valence-electron chi connectivity index (χ1n) is 7.32. The van der Waals surface area contributed by atoms with E-state index in [4.69, 9.17) is 21.1 Å². The predicted octanol–water partition coefficient (Wildman–Crippen LogP) is 3.54. The first-order chi connectivity index (χ1) is 11.3. The molecule has 1 aliphatic rings. The summed E-state index contributed by atoms with van der Waals surface area (Å²) in [6.45, 7) is 1.09. The van der Waals surface area contributed by atoms with E-state index < -0.39 is 0 Å². The third kappa shape index (κ3) is 2.87. The predicted molar refractivity (Wildman–Crippen MR) is 89.4 cm³/mol. The van der Waals surface area contributed by atoms with E-state index in [2.05, 4.69) is 15.3 Å². The van der Waals surface area contributed by atoms with Gasteiger partial charge in [0, 0.05) is 10.4 Å². The molecule has 1 aliphatic heterocycles. The van der Waals surface area contributed by atoms with Crippen molar-refractivity contribution >= 4 is 28.3 Å². The molecule has 1 N–H and O–H groups in total. The number of nitrogens with one attached hydrogen (secondary N) is 1. The molecular formula is C17H14ClN3O2. The van der Waals surface area contributed by atoms with Gasteiger partial charge in [0.15, 0.2) is 11.5 Å². The number of nitrogens with zero attached hydrogens (tertiary/aromatic N) is 2. The second-order valence-corrected chi connectivity index (χ2v) is 5.70. The van der Waals surface area contributed by atoms with Gasteiger partial charge in [0.1, 0.15) is 24.9 Å². The van der Waals surface area contributed by atoms with Crippen molar-refractivity contribution in [1.82, 2.24) is 9.97 Å². The lowest BCUT2D eigenvalue weighted by atomic mass is 10.2. The fourth-order valence-corrected chi connectivity index (χ4v) is 2.71. The number of rotatable bonds is 3. The third-order valence-corrected chi connectivity index (χ3v) is 3.90. The van der Waals surface area contributed by atoms with Crippen LogP contribution in [0.3, 0.4) is 0 Å². The summed E-state index contributed by atoms with van der Waals surface area (Å²) in [5, 5.41) is 4.89. The van der Waals surface area contributed by atoms with Crippen LogP contribution in [0.15, 0.2) is 48.8 Å². The van der Waals surface area contributed by atoms with E-state index in [9.17, 15) is 0 Å². The topological polar surface area (TPSA) is 56.3 Å². The molecule has 6 heteroatoms. The molecule has 4 rings (SSSR count). The first kappa shape index (κ1) is 14.1. The van der Waals surface area contributed by atoms with Crippen molar-refractivity contribution in [3.63, 3.8) is 0 Å². The number of ether oxygens (including phenoxy) is 2. The molecule has 0 bridgehead atoms. The van der Waals surface area contributed by atoms with Crippen molar-refractivity contribution < 1.29 is 9.47 Å². The Kier molecular flexibility index (Phi) is 3.63. The number of hydrogen-bond donors (Lipinski definition) is 1. The minimum Gasteiger partial charge on any atom is -0.486 e. The summed E-state index contributed by atoms with van der Waals surface area (Å²) in [5.41, 5.74) is 0.807. The van der Waals surface area contributed by atoms with Crippen LogP contribution in [0.2, 0.25) is 5.02 Å². The smallest absolute Gasteiger partial charge is 0.161 e. The van der Waals surface area contributed by atoms with Crippen LogP contribution in [0, 0.1) is 0 Å². The summed E-state index contributed by atoms with van der Waals surface area (Å²) in [4.78, 5) is 8.54.